The molecule has 2 amide bonds. The molecular formula is C11H22N2O2. The van der Waals surface area contributed by atoms with Gasteiger partial charge in [0.1, 0.15) is 0 Å². The fourth-order valence-electron chi connectivity index (χ4n) is 1.64. The zero-order valence-corrected chi connectivity index (χ0v) is 9.86. The number of amides is 2. The monoisotopic (exact) mass is 214 g/mol. The van der Waals surface area contributed by atoms with Crippen LogP contribution in [-0.2, 0) is 0 Å². The molecule has 0 bridgehead atoms. The van der Waals surface area contributed by atoms with Gasteiger partial charge in [0.15, 0.2) is 0 Å². The number of nitrogens with one attached hydrogen (secondary N) is 1. The molecule has 0 radical (unpaired) electrons. The molecule has 1 aliphatic rings. The lowest BCUT2D eigenvalue weighted by Gasteiger charge is -2.34. The Bertz CT molecular complexity index is 219. The number of β-amino-alcohol motifs (C(OH)–C–C–N with tert-alkyl or cyclic N) is 1. The van der Waals surface area contributed by atoms with Crippen molar-refractivity contribution in [3.63, 3.8) is 0 Å². The summed E-state index contributed by atoms with van der Waals surface area (Å²) in [4.78, 5) is 13.4. The largest absolute Gasteiger partial charge is 0.391 e. The molecule has 1 heterocycles. The third-order valence-electron chi connectivity index (χ3n) is 2.87. The van der Waals surface area contributed by atoms with Crippen molar-refractivity contribution in [2.24, 2.45) is 11.8 Å². The summed E-state index contributed by atoms with van der Waals surface area (Å²) in [6.07, 6.45) is 0.513. The third kappa shape index (κ3) is 3.70. The van der Waals surface area contributed by atoms with Gasteiger partial charge in [0.2, 0.25) is 0 Å². The van der Waals surface area contributed by atoms with Crippen molar-refractivity contribution in [2.75, 3.05) is 19.6 Å². The maximum Gasteiger partial charge on any atom is 0.317 e. The lowest BCUT2D eigenvalue weighted by atomic mass is 9.96. The lowest BCUT2D eigenvalue weighted by molar-refractivity contribution is 0.0435. The number of nitrogens with zero attached hydrogens (tertiary/aromatic N) is 1. The fraction of sp³-hybridized carbons (Fsp3) is 0.909. The van der Waals surface area contributed by atoms with Crippen LogP contribution < -0.4 is 5.32 Å². The number of aliphatic hydroxyl groups is 1. The molecular weight excluding hydrogens is 192 g/mol. The van der Waals surface area contributed by atoms with E-state index in [2.05, 4.69) is 19.2 Å². The minimum absolute atomic E-state index is 0.0466. The standard InChI is InChI=1S/C11H22N2O2/c1-8(2)6-12-11(15)13-5-4-9(3)10(14)7-13/h8-10,14H,4-7H2,1-3H3,(H,12,15). The van der Waals surface area contributed by atoms with E-state index in [1.807, 2.05) is 6.92 Å². The van der Waals surface area contributed by atoms with Gasteiger partial charge in [0, 0.05) is 19.6 Å². The highest BCUT2D eigenvalue weighted by atomic mass is 16.3. The number of carbonyl (C=O) groups excluding carboxylic acids is 1. The van der Waals surface area contributed by atoms with Gasteiger partial charge < -0.3 is 15.3 Å². The summed E-state index contributed by atoms with van der Waals surface area (Å²) in [6, 6.07) is -0.0466. The second-order valence-electron chi connectivity index (χ2n) is 4.86. The number of urea groups is 1. The highest BCUT2D eigenvalue weighted by molar-refractivity contribution is 5.74. The van der Waals surface area contributed by atoms with Crippen LogP contribution >= 0.6 is 0 Å². The van der Waals surface area contributed by atoms with Crippen molar-refractivity contribution in [1.29, 1.82) is 0 Å². The minimum atomic E-state index is -0.372. The van der Waals surface area contributed by atoms with Gasteiger partial charge >= 0.3 is 6.03 Å². The van der Waals surface area contributed by atoms with E-state index in [1.54, 1.807) is 4.90 Å². The summed E-state index contributed by atoms with van der Waals surface area (Å²) in [5, 5.41) is 12.5. The molecule has 1 aliphatic heterocycles. The summed E-state index contributed by atoms with van der Waals surface area (Å²) >= 11 is 0. The molecule has 2 atom stereocenters. The lowest BCUT2D eigenvalue weighted by Crippen LogP contribution is -2.50. The first-order valence-corrected chi connectivity index (χ1v) is 5.71. The molecule has 0 saturated carbocycles. The van der Waals surface area contributed by atoms with Gasteiger partial charge in [-0.15, -0.1) is 0 Å². The Labute approximate surface area is 91.6 Å². The fourth-order valence-corrected chi connectivity index (χ4v) is 1.64. The first-order chi connectivity index (χ1) is 7.00. The van der Waals surface area contributed by atoms with Crippen LogP contribution in [0.3, 0.4) is 0 Å². The predicted octanol–water partition coefficient (Wildman–Crippen LogP) is 1.05. The first kappa shape index (κ1) is 12.3. The topological polar surface area (TPSA) is 52.6 Å². The Morgan fingerprint density at radius 3 is 2.80 bits per heavy atom. The maximum atomic E-state index is 11.7. The third-order valence-corrected chi connectivity index (χ3v) is 2.87. The molecule has 88 valence electrons. The maximum absolute atomic E-state index is 11.7. The molecule has 1 rings (SSSR count). The van der Waals surface area contributed by atoms with Crippen molar-refractivity contribution < 1.29 is 9.90 Å². The first-order valence-electron chi connectivity index (χ1n) is 5.71. The Balaban J connectivity index is 2.34. The summed E-state index contributed by atoms with van der Waals surface area (Å²) in [5.41, 5.74) is 0. The Kier molecular flexibility index (Phi) is 4.39. The Morgan fingerprint density at radius 2 is 2.27 bits per heavy atom. The van der Waals surface area contributed by atoms with E-state index < -0.39 is 0 Å². The molecule has 2 N–H and O–H groups in total. The molecule has 4 nitrogen and oxygen atoms in total. The quantitative estimate of drug-likeness (QED) is 0.722. The summed E-state index contributed by atoms with van der Waals surface area (Å²) in [6.45, 7) is 8.06. The molecule has 0 spiro atoms. The Hall–Kier alpha value is -0.770. The Morgan fingerprint density at radius 1 is 1.60 bits per heavy atom. The van der Waals surface area contributed by atoms with Gasteiger partial charge in [-0.2, -0.15) is 0 Å². The second kappa shape index (κ2) is 5.35. The summed E-state index contributed by atoms with van der Waals surface area (Å²) in [5.74, 6) is 0.765. The van der Waals surface area contributed by atoms with Crippen LogP contribution in [0.4, 0.5) is 4.79 Å². The minimum Gasteiger partial charge on any atom is -0.391 e. The van der Waals surface area contributed by atoms with E-state index in [1.165, 1.54) is 0 Å². The number of aliphatic hydroxyl groups excluding tert-OH is 1. The predicted molar refractivity (Wildman–Crippen MR) is 59.6 cm³/mol. The van der Waals surface area contributed by atoms with Crippen molar-refractivity contribution in [3.05, 3.63) is 0 Å². The van der Waals surface area contributed by atoms with Crippen molar-refractivity contribution in [3.8, 4) is 0 Å². The van der Waals surface area contributed by atoms with Crippen LogP contribution in [0, 0.1) is 11.8 Å². The highest BCUT2D eigenvalue weighted by Gasteiger charge is 2.26. The average molecular weight is 214 g/mol. The number of likely N-dealkylation sites (tertiary alicyclic amines) is 1. The molecule has 2 unspecified atom stereocenters. The van der Waals surface area contributed by atoms with E-state index >= 15 is 0 Å². The van der Waals surface area contributed by atoms with Gasteiger partial charge in [-0.1, -0.05) is 20.8 Å². The van der Waals surface area contributed by atoms with Crippen LogP contribution in [0.15, 0.2) is 0 Å². The van der Waals surface area contributed by atoms with Crippen LogP contribution in [0.25, 0.3) is 0 Å². The molecule has 4 heteroatoms. The van der Waals surface area contributed by atoms with Gasteiger partial charge in [-0.3, -0.25) is 0 Å². The van der Waals surface area contributed by atoms with Gasteiger partial charge in [0.25, 0.3) is 0 Å². The molecule has 15 heavy (non-hydrogen) atoms. The van der Waals surface area contributed by atoms with E-state index in [0.717, 1.165) is 13.0 Å². The number of carbonyl (C=O) groups is 1. The number of piperidine rings is 1. The van der Waals surface area contributed by atoms with Crippen LogP contribution in [0.1, 0.15) is 27.2 Å². The van der Waals surface area contributed by atoms with Gasteiger partial charge in [0.05, 0.1) is 6.10 Å². The summed E-state index contributed by atoms with van der Waals surface area (Å²) < 4.78 is 0. The SMILES string of the molecule is CC(C)CNC(=O)N1CCC(C)C(O)C1. The highest BCUT2D eigenvalue weighted by Crippen LogP contribution is 2.16. The number of hydrogen-bond donors (Lipinski definition) is 2. The number of rotatable bonds is 2. The zero-order valence-electron chi connectivity index (χ0n) is 9.86. The molecule has 0 aliphatic carbocycles. The van der Waals surface area contributed by atoms with E-state index in [-0.39, 0.29) is 12.1 Å². The number of hydrogen-bond acceptors (Lipinski definition) is 2. The van der Waals surface area contributed by atoms with Gasteiger partial charge in [-0.25, -0.2) is 4.79 Å². The van der Waals surface area contributed by atoms with Gasteiger partial charge in [-0.05, 0) is 18.3 Å². The van der Waals surface area contributed by atoms with Crippen LogP contribution in [0.2, 0.25) is 0 Å². The van der Waals surface area contributed by atoms with E-state index in [9.17, 15) is 9.90 Å². The normalized spacial score (nSPS) is 26.9. The average Bonchev–Trinajstić information content (AvgIpc) is 2.18. The molecule has 0 aromatic rings. The van der Waals surface area contributed by atoms with Crippen molar-refractivity contribution >= 4 is 6.03 Å². The van der Waals surface area contributed by atoms with Crippen LogP contribution in [-0.4, -0.2) is 41.8 Å². The van der Waals surface area contributed by atoms with E-state index in [4.69, 9.17) is 0 Å². The molecule has 1 saturated heterocycles. The van der Waals surface area contributed by atoms with Crippen LogP contribution in [0.5, 0.6) is 0 Å². The van der Waals surface area contributed by atoms with Crippen molar-refractivity contribution in [1.82, 2.24) is 10.2 Å². The molecule has 0 aromatic carbocycles. The second-order valence-corrected chi connectivity index (χ2v) is 4.86. The smallest absolute Gasteiger partial charge is 0.317 e. The molecule has 1 fully saturated rings. The summed E-state index contributed by atoms with van der Waals surface area (Å²) in [7, 11) is 0. The zero-order chi connectivity index (χ0) is 11.4. The van der Waals surface area contributed by atoms with E-state index in [0.29, 0.717) is 24.9 Å². The van der Waals surface area contributed by atoms with Crippen molar-refractivity contribution in [2.45, 2.75) is 33.3 Å². The molecule has 0 aromatic heterocycles.